The van der Waals surface area contributed by atoms with Crippen molar-refractivity contribution in [2.45, 2.75) is 39.5 Å². The van der Waals surface area contributed by atoms with Crippen molar-refractivity contribution in [2.24, 2.45) is 0 Å². The smallest absolute Gasteiger partial charge is 0.134 e. The van der Waals surface area contributed by atoms with E-state index in [1.165, 1.54) is 0 Å². The summed E-state index contributed by atoms with van der Waals surface area (Å²) < 4.78 is 0. The van der Waals surface area contributed by atoms with Crippen LogP contribution in [-0.2, 0) is 4.79 Å². The minimum absolute atomic E-state index is 0.396. The molecule has 0 bridgehead atoms. The number of nitrogens with one attached hydrogen (secondary N) is 1. The first-order valence-electron chi connectivity index (χ1n) is 4.53. The van der Waals surface area contributed by atoms with Crippen molar-refractivity contribution in [1.82, 2.24) is 5.32 Å². The van der Waals surface area contributed by atoms with Gasteiger partial charge in [-0.3, -0.25) is 4.79 Å². The average molecular weight is 157 g/mol. The zero-order valence-electron chi connectivity index (χ0n) is 7.65. The molecule has 0 aliphatic heterocycles. The van der Waals surface area contributed by atoms with Crippen molar-refractivity contribution in [1.29, 1.82) is 0 Å². The summed E-state index contributed by atoms with van der Waals surface area (Å²) in [7, 11) is 0. The van der Waals surface area contributed by atoms with Crippen LogP contribution in [0.5, 0.6) is 0 Å². The van der Waals surface area contributed by atoms with E-state index in [1.54, 1.807) is 0 Å². The molecule has 11 heavy (non-hydrogen) atoms. The molecule has 0 spiro atoms. The fourth-order valence-electron chi connectivity index (χ4n) is 0.904. The molecule has 0 aliphatic carbocycles. The number of hydrogen-bond acceptors (Lipinski definition) is 2. The zero-order valence-corrected chi connectivity index (χ0v) is 7.65. The normalized spacial score (nSPS) is 10.0. The highest BCUT2D eigenvalue weighted by atomic mass is 16.1. The molecule has 0 unspecified atom stereocenters. The number of ketones is 1. The number of unbranched alkanes of at least 4 members (excludes halogenated alkanes) is 1. The van der Waals surface area contributed by atoms with Crippen molar-refractivity contribution in [3.8, 4) is 0 Å². The van der Waals surface area contributed by atoms with E-state index in [2.05, 4.69) is 19.2 Å². The lowest BCUT2D eigenvalue weighted by Crippen LogP contribution is -2.17. The van der Waals surface area contributed by atoms with E-state index in [0.717, 1.165) is 32.4 Å². The second kappa shape index (κ2) is 7.73. The lowest BCUT2D eigenvalue weighted by atomic mass is 10.1. The van der Waals surface area contributed by atoms with Crippen LogP contribution in [-0.4, -0.2) is 18.9 Å². The van der Waals surface area contributed by atoms with Gasteiger partial charge < -0.3 is 5.32 Å². The molecule has 0 aromatic rings. The Morgan fingerprint density at radius 2 is 2.00 bits per heavy atom. The predicted octanol–water partition coefficient (Wildman–Crippen LogP) is 1.75. The van der Waals surface area contributed by atoms with Gasteiger partial charge in [0, 0.05) is 19.4 Å². The lowest BCUT2D eigenvalue weighted by Gasteiger charge is -1.99. The molecule has 1 N–H and O–H groups in total. The van der Waals surface area contributed by atoms with E-state index in [4.69, 9.17) is 0 Å². The second-order valence-electron chi connectivity index (χ2n) is 2.75. The monoisotopic (exact) mass is 157 g/mol. The first-order valence-corrected chi connectivity index (χ1v) is 4.53. The van der Waals surface area contributed by atoms with Crippen LogP contribution in [0.25, 0.3) is 0 Å². The van der Waals surface area contributed by atoms with Gasteiger partial charge in [-0.1, -0.05) is 20.3 Å². The van der Waals surface area contributed by atoms with E-state index in [1.807, 2.05) is 0 Å². The van der Waals surface area contributed by atoms with Gasteiger partial charge in [-0.25, -0.2) is 0 Å². The number of rotatable bonds is 7. The molecule has 0 fully saturated rings. The molecule has 0 aliphatic rings. The van der Waals surface area contributed by atoms with Crippen LogP contribution in [0.4, 0.5) is 0 Å². The van der Waals surface area contributed by atoms with Gasteiger partial charge >= 0.3 is 0 Å². The molecule has 0 aromatic carbocycles. The molecule has 0 atom stereocenters. The van der Waals surface area contributed by atoms with Gasteiger partial charge in [0.25, 0.3) is 0 Å². The Hall–Kier alpha value is -0.370. The summed E-state index contributed by atoms with van der Waals surface area (Å²) >= 11 is 0. The van der Waals surface area contributed by atoms with Crippen molar-refractivity contribution >= 4 is 5.78 Å². The third-order valence-corrected chi connectivity index (χ3v) is 1.64. The van der Waals surface area contributed by atoms with Crippen molar-refractivity contribution in [3.63, 3.8) is 0 Å². The zero-order chi connectivity index (χ0) is 8.53. The van der Waals surface area contributed by atoms with Gasteiger partial charge in [0.1, 0.15) is 5.78 Å². The maximum atomic E-state index is 11.0. The predicted molar refractivity (Wildman–Crippen MR) is 47.7 cm³/mol. The minimum Gasteiger partial charge on any atom is -0.317 e. The van der Waals surface area contributed by atoms with Crippen LogP contribution in [0.3, 0.4) is 0 Å². The molecule has 66 valence electrons. The number of hydrogen-bond donors (Lipinski definition) is 1. The molecule has 0 saturated heterocycles. The Bertz CT molecular complexity index is 102. The molecule has 0 amide bonds. The Morgan fingerprint density at radius 1 is 1.27 bits per heavy atom. The Morgan fingerprint density at radius 3 is 2.55 bits per heavy atom. The van der Waals surface area contributed by atoms with Gasteiger partial charge in [-0.05, 0) is 13.0 Å². The third-order valence-electron chi connectivity index (χ3n) is 1.64. The molecule has 0 heterocycles. The lowest BCUT2D eigenvalue weighted by molar-refractivity contribution is -0.119. The Kier molecular flexibility index (Phi) is 7.47. The summed E-state index contributed by atoms with van der Waals surface area (Å²) in [6, 6.07) is 0. The van der Waals surface area contributed by atoms with E-state index in [-0.39, 0.29) is 0 Å². The molecule has 0 aromatic heterocycles. The first-order chi connectivity index (χ1) is 5.31. The number of carbonyl (C=O) groups is 1. The van der Waals surface area contributed by atoms with E-state index in [9.17, 15) is 4.79 Å². The fraction of sp³-hybridized carbons (Fsp3) is 0.889. The highest BCUT2D eigenvalue weighted by molar-refractivity contribution is 5.78. The van der Waals surface area contributed by atoms with Crippen LogP contribution in [0.2, 0.25) is 0 Å². The largest absolute Gasteiger partial charge is 0.317 e. The fourth-order valence-corrected chi connectivity index (χ4v) is 0.904. The van der Waals surface area contributed by atoms with Crippen LogP contribution in [0.1, 0.15) is 39.5 Å². The van der Waals surface area contributed by atoms with Crippen LogP contribution < -0.4 is 5.32 Å². The molecule has 0 radical (unpaired) electrons. The van der Waals surface area contributed by atoms with Crippen molar-refractivity contribution in [2.75, 3.05) is 13.1 Å². The maximum Gasteiger partial charge on any atom is 0.134 e. The molecular weight excluding hydrogens is 138 g/mol. The van der Waals surface area contributed by atoms with Crippen LogP contribution in [0, 0.1) is 0 Å². The van der Waals surface area contributed by atoms with Gasteiger partial charge in [0.05, 0.1) is 0 Å². The number of Topliss-reactive ketones (excluding diaryl/α,β-unsaturated/α-hetero) is 1. The first kappa shape index (κ1) is 10.6. The molecule has 2 heteroatoms. The van der Waals surface area contributed by atoms with Crippen molar-refractivity contribution in [3.05, 3.63) is 0 Å². The van der Waals surface area contributed by atoms with E-state index in [0.29, 0.717) is 12.2 Å². The SMILES string of the molecule is CCCCC(=O)CCNCC. The highest BCUT2D eigenvalue weighted by Gasteiger charge is 1.98. The summed E-state index contributed by atoms with van der Waals surface area (Å²) in [5.41, 5.74) is 0. The van der Waals surface area contributed by atoms with Crippen molar-refractivity contribution < 1.29 is 4.79 Å². The summed E-state index contributed by atoms with van der Waals surface area (Å²) in [4.78, 5) is 11.0. The Labute approximate surface area is 69.4 Å². The van der Waals surface area contributed by atoms with E-state index >= 15 is 0 Å². The molecule has 0 rings (SSSR count). The van der Waals surface area contributed by atoms with Gasteiger partial charge in [0.15, 0.2) is 0 Å². The molecule has 2 nitrogen and oxygen atoms in total. The second-order valence-corrected chi connectivity index (χ2v) is 2.75. The van der Waals surface area contributed by atoms with E-state index < -0.39 is 0 Å². The van der Waals surface area contributed by atoms with Crippen LogP contribution >= 0.6 is 0 Å². The molecular formula is C9H19NO. The summed E-state index contributed by atoms with van der Waals surface area (Å²) in [5.74, 6) is 0.396. The topological polar surface area (TPSA) is 29.1 Å². The average Bonchev–Trinajstić information content (AvgIpc) is 2.01. The maximum absolute atomic E-state index is 11.0. The number of carbonyl (C=O) groups excluding carboxylic acids is 1. The van der Waals surface area contributed by atoms with Gasteiger partial charge in [0.2, 0.25) is 0 Å². The summed E-state index contributed by atoms with van der Waals surface area (Å²) in [5, 5.41) is 3.13. The van der Waals surface area contributed by atoms with Crippen LogP contribution in [0.15, 0.2) is 0 Å². The summed E-state index contributed by atoms with van der Waals surface area (Å²) in [6.45, 7) is 5.97. The van der Waals surface area contributed by atoms with Gasteiger partial charge in [-0.2, -0.15) is 0 Å². The van der Waals surface area contributed by atoms with Gasteiger partial charge in [-0.15, -0.1) is 0 Å². The third kappa shape index (κ3) is 7.53. The summed E-state index contributed by atoms with van der Waals surface area (Å²) in [6.07, 6.45) is 3.63. The molecule has 0 saturated carbocycles. The quantitative estimate of drug-likeness (QED) is 0.570. The minimum atomic E-state index is 0.396. The standard InChI is InChI=1S/C9H19NO/c1-3-5-6-9(11)7-8-10-4-2/h10H,3-8H2,1-2H3. The Balaban J connectivity index is 3.09. The highest BCUT2D eigenvalue weighted by Crippen LogP contribution is 1.97.